The van der Waals surface area contributed by atoms with Gasteiger partial charge in [-0.3, -0.25) is 9.59 Å². The molecule has 2 aliphatic rings. The van der Waals surface area contributed by atoms with E-state index in [1.54, 1.807) is 19.2 Å². The third-order valence-electron chi connectivity index (χ3n) is 5.62. The molecule has 1 aromatic carbocycles. The molecule has 4 unspecified atom stereocenters. The summed E-state index contributed by atoms with van der Waals surface area (Å²) >= 11 is 0. The highest BCUT2D eigenvalue weighted by molar-refractivity contribution is 5.78. The Morgan fingerprint density at radius 1 is 1.27 bits per heavy atom. The van der Waals surface area contributed by atoms with Crippen LogP contribution in [0, 0.1) is 11.8 Å². The van der Waals surface area contributed by atoms with Crippen LogP contribution >= 0.6 is 0 Å². The SMILES string of the molecule is CCC1CC(=O)NC2CC(NC(=O)COc3ccccc3OC)CCC12. The molecule has 4 atom stereocenters. The van der Waals surface area contributed by atoms with Crippen molar-refractivity contribution in [3.63, 3.8) is 0 Å². The first-order valence-electron chi connectivity index (χ1n) is 9.45. The summed E-state index contributed by atoms with van der Waals surface area (Å²) in [4.78, 5) is 24.2. The molecule has 1 heterocycles. The maximum atomic E-state index is 12.3. The van der Waals surface area contributed by atoms with Crippen molar-refractivity contribution < 1.29 is 19.1 Å². The minimum atomic E-state index is -0.145. The van der Waals surface area contributed by atoms with Gasteiger partial charge in [0, 0.05) is 18.5 Å². The van der Waals surface area contributed by atoms with Gasteiger partial charge >= 0.3 is 0 Å². The highest BCUT2D eigenvalue weighted by Crippen LogP contribution is 2.37. The van der Waals surface area contributed by atoms with E-state index in [9.17, 15) is 9.59 Å². The summed E-state index contributed by atoms with van der Waals surface area (Å²) in [6.45, 7) is 2.11. The molecule has 2 fully saturated rings. The lowest BCUT2D eigenvalue weighted by Gasteiger charge is -2.44. The molecule has 1 aromatic rings. The van der Waals surface area contributed by atoms with Gasteiger partial charge in [-0.05, 0) is 43.2 Å². The fraction of sp³-hybridized carbons (Fsp3) is 0.600. The molecule has 6 nitrogen and oxygen atoms in total. The lowest BCUT2D eigenvalue weighted by molar-refractivity contribution is -0.127. The summed E-state index contributed by atoms with van der Waals surface area (Å²) in [7, 11) is 1.57. The molecule has 0 bridgehead atoms. The first-order valence-corrected chi connectivity index (χ1v) is 9.45. The van der Waals surface area contributed by atoms with Gasteiger partial charge in [0.25, 0.3) is 5.91 Å². The molecule has 0 spiro atoms. The molecule has 1 saturated heterocycles. The third-order valence-corrected chi connectivity index (χ3v) is 5.62. The van der Waals surface area contributed by atoms with Gasteiger partial charge in [-0.2, -0.15) is 0 Å². The summed E-state index contributed by atoms with van der Waals surface area (Å²) in [6, 6.07) is 7.53. The zero-order valence-electron chi connectivity index (χ0n) is 15.5. The lowest BCUT2D eigenvalue weighted by Crippen LogP contribution is -2.55. The second-order valence-electron chi connectivity index (χ2n) is 7.23. The second kappa shape index (κ2) is 8.43. The maximum absolute atomic E-state index is 12.3. The minimum absolute atomic E-state index is 0.0467. The van der Waals surface area contributed by atoms with Crippen molar-refractivity contribution in [3.05, 3.63) is 24.3 Å². The molecular formula is C20H28N2O4. The van der Waals surface area contributed by atoms with Crippen molar-refractivity contribution >= 4 is 11.8 Å². The Kier molecular flexibility index (Phi) is 6.01. The molecule has 3 rings (SSSR count). The van der Waals surface area contributed by atoms with E-state index in [0.717, 1.165) is 25.7 Å². The fourth-order valence-corrected chi connectivity index (χ4v) is 4.31. The van der Waals surface area contributed by atoms with Gasteiger partial charge in [-0.15, -0.1) is 0 Å². The molecule has 6 heteroatoms. The minimum Gasteiger partial charge on any atom is -0.493 e. The molecule has 26 heavy (non-hydrogen) atoms. The number of amides is 2. The normalized spacial score (nSPS) is 27.8. The van der Waals surface area contributed by atoms with Crippen LogP contribution in [0.3, 0.4) is 0 Å². The van der Waals surface area contributed by atoms with Gasteiger partial charge in [0.05, 0.1) is 7.11 Å². The van der Waals surface area contributed by atoms with Gasteiger partial charge in [-0.1, -0.05) is 25.5 Å². The molecule has 2 N–H and O–H groups in total. The van der Waals surface area contributed by atoms with Crippen LogP contribution in [0.4, 0.5) is 0 Å². The topological polar surface area (TPSA) is 76.7 Å². The van der Waals surface area contributed by atoms with Crippen molar-refractivity contribution in [2.45, 2.75) is 51.1 Å². The number of carbonyl (C=O) groups excluding carboxylic acids is 2. The Balaban J connectivity index is 1.50. The number of hydrogen-bond acceptors (Lipinski definition) is 4. The maximum Gasteiger partial charge on any atom is 0.258 e. The van der Waals surface area contributed by atoms with Crippen LogP contribution in [0.2, 0.25) is 0 Å². The number of carbonyl (C=O) groups is 2. The van der Waals surface area contributed by atoms with Crippen LogP contribution in [0.15, 0.2) is 24.3 Å². The van der Waals surface area contributed by atoms with Crippen LogP contribution in [0.25, 0.3) is 0 Å². The number of fused-ring (bicyclic) bond motifs is 1. The first-order chi connectivity index (χ1) is 12.6. The average Bonchev–Trinajstić information content (AvgIpc) is 2.65. The van der Waals surface area contributed by atoms with Gasteiger partial charge in [0.15, 0.2) is 18.1 Å². The lowest BCUT2D eigenvalue weighted by atomic mass is 9.70. The van der Waals surface area contributed by atoms with Crippen LogP contribution in [-0.2, 0) is 9.59 Å². The number of nitrogens with one attached hydrogen (secondary N) is 2. The van der Waals surface area contributed by atoms with Crippen molar-refractivity contribution in [2.24, 2.45) is 11.8 Å². The Morgan fingerprint density at radius 2 is 2.04 bits per heavy atom. The van der Waals surface area contributed by atoms with Crippen molar-refractivity contribution in [2.75, 3.05) is 13.7 Å². The predicted octanol–water partition coefficient (Wildman–Crippen LogP) is 2.27. The Morgan fingerprint density at radius 3 is 2.77 bits per heavy atom. The number of para-hydroxylation sites is 2. The quantitative estimate of drug-likeness (QED) is 0.816. The molecule has 0 radical (unpaired) electrons. The van der Waals surface area contributed by atoms with E-state index in [1.807, 2.05) is 12.1 Å². The van der Waals surface area contributed by atoms with Crippen LogP contribution in [-0.4, -0.2) is 37.6 Å². The van der Waals surface area contributed by atoms with E-state index < -0.39 is 0 Å². The fourth-order valence-electron chi connectivity index (χ4n) is 4.31. The van der Waals surface area contributed by atoms with E-state index in [2.05, 4.69) is 17.6 Å². The van der Waals surface area contributed by atoms with Gasteiger partial charge < -0.3 is 20.1 Å². The van der Waals surface area contributed by atoms with Gasteiger partial charge in [0.1, 0.15) is 0 Å². The summed E-state index contributed by atoms with van der Waals surface area (Å²) in [5.74, 6) is 2.17. The Bertz CT molecular complexity index is 648. The van der Waals surface area contributed by atoms with E-state index in [0.29, 0.717) is 29.8 Å². The molecule has 1 aliphatic carbocycles. The van der Waals surface area contributed by atoms with Gasteiger partial charge in [-0.25, -0.2) is 0 Å². The standard InChI is InChI=1S/C20H28N2O4/c1-3-13-10-19(23)22-16-11-14(8-9-15(13)16)21-20(24)12-26-18-7-5-4-6-17(18)25-2/h4-7,13-16H,3,8-12H2,1-2H3,(H,21,24)(H,22,23). The molecule has 1 aliphatic heterocycles. The van der Waals surface area contributed by atoms with Crippen LogP contribution < -0.4 is 20.1 Å². The van der Waals surface area contributed by atoms with E-state index >= 15 is 0 Å². The second-order valence-corrected chi connectivity index (χ2v) is 7.23. The highest BCUT2D eigenvalue weighted by atomic mass is 16.5. The zero-order valence-corrected chi connectivity index (χ0v) is 15.5. The van der Waals surface area contributed by atoms with Gasteiger partial charge in [0.2, 0.25) is 5.91 Å². The van der Waals surface area contributed by atoms with Crippen LogP contribution in [0.1, 0.15) is 39.0 Å². The summed E-state index contributed by atoms with van der Waals surface area (Å²) in [6.07, 6.45) is 4.48. The van der Waals surface area contributed by atoms with Crippen LogP contribution in [0.5, 0.6) is 11.5 Å². The molecular weight excluding hydrogens is 332 g/mol. The number of ether oxygens (including phenoxy) is 2. The zero-order chi connectivity index (χ0) is 18.5. The molecule has 1 saturated carbocycles. The number of methoxy groups -OCH3 is 1. The van der Waals surface area contributed by atoms with E-state index in [-0.39, 0.29) is 30.5 Å². The number of hydrogen-bond donors (Lipinski definition) is 2. The summed E-state index contributed by atoms with van der Waals surface area (Å²) in [5, 5.41) is 6.17. The largest absolute Gasteiger partial charge is 0.493 e. The van der Waals surface area contributed by atoms with Crippen molar-refractivity contribution in [1.82, 2.24) is 10.6 Å². The number of piperidine rings is 1. The number of benzene rings is 1. The first kappa shape index (κ1) is 18.5. The molecule has 142 valence electrons. The predicted molar refractivity (Wildman–Crippen MR) is 98.1 cm³/mol. The van der Waals surface area contributed by atoms with E-state index in [4.69, 9.17) is 9.47 Å². The molecule has 0 aromatic heterocycles. The smallest absolute Gasteiger partial charge is 0.258 e. The Labute approximate surface area is 154 Å². The highest BCUT2D eigenvalue weighted by Gasteiger charge is 2.40. The monoisotopic (exact) mass is 360 g/mol. The third kappa shape index (κ3) is 4.29. The summed E-state index contributed by atoms with van der Waals surface area (Å²) in [5.41, 5.74) is 0. The van der Waals surface area contributed by atoms with E-state index in [1.165, 1.54) is 0 Å². The van der Waals surface area contributed by atoms with Crippen molar-refractivity contribution in [1.29, 1.82) is 0 Å². The number of rotatable bonds is 6. The summed E-state index contributed by atoms with van der Waals surface area (Å²) < 4.78 is 10.8. The molecule has 2 amide bonds. The van der Waals surface area contributed by atoms with Crippen molar-refractivity contribution in [3.8, 4) is 11.5 Å². The average molecular weight is 360 g/mol. The Hall–Kier alpha value is -2.24.